The molecular formula is C32H38N2O7. The molecule has 9 heteroatoms. The summed E-state index contributed by atoms with van der Waals surface area (Å²) in [6.45, 7) is 5.88. The van der Waals surface area contributed by atoms with E-state index < -0.39 is 6.10 Å². The Morgan fingerprint density at radius 2 is 1.93 bits per heavy atom. The number of rotatable bonds is 11. The number of methoxy groups -OCH3 is 1. The van der Waals surface area contributed by atoms with Gasteiger partial charge in [0.2, 0.25) is 0 Å². The molecule has 0 unspecified atom stereocenters. The van der Waals surface area contributed by atoms with Gasteiger partial charge in [0.1, 0.15) is 36.6 Å². The number of fused-ring (bicyclic) bond motifs is 5. The van der Waals surface area contributed by atoms with E-state index in [4.69, 9.17) is 18.9 Å². The predicted molar refractivity (Wildman–Crippen MR) is 155 cm³/mol. The first-order chi connectivity index (χ1) is 19.9. The zero-order valence-electron chi connectivity index (χ0n) is 24.0. The van der Waals surface area contributed by atoms with E-state index in [0.717, 1.165) is 64.1 Å². The first kappa shape index (κ1) is 28.6. The van der Waals surface area contributed by atoms with Crippen LogP contribution in [0.4, 0.5) is 0 Å². The van der Waals surface area contributed by atoms with E-state index in [-0.39, 0.29) is 30.0 Å². The largest absolute Gasteiger partial charge is 0.508 e. The summed E-state index contributed by atoms with van der Waals surface area (Å²) in [4.78, 5) is 11.9. The second-order valence-corrected chi connectivity index (χ2v) is 10.4. The maximum absolute atomic E-state index is 11.9. The monoisotopic (exact) mass is 562 g/mol. The van der Waals surface area contributed by atoms with Gasteiger partial charge < -0.3 is 39.8 Å². The number of likely N-dealkylation sites (N-methyl/N-ethyl adjacent to an activating group) is 1. The standard InChI is InChI=1S/C32H38N2O7/c1-5-34-16-20-13-27(37)28(39-11-10-33-3)15-25(20)32-26(17-40-18(2)35)24-9-8-22-23(31(24)41-32)7-6-19-12-21(36)14-29(38-4)30(19)22/h8-9,12-15,26,32-34,36-37H,5-7,10-11,16-17H2,1-4H3/t26-,32-/m0/s1. The van der Waals surface area contributed by atoms with Crippen LogP contribution < -0.4 is 24.8 Å². The van der Waals surface area contributed by atoms with Gasteiger partial charge in [-0.25, -0.2) is 0 Å². The normalized spacial score (nSPS) is 16.8. The molecule has 2 atom stereocenters. The van der Waals surface area contributed by atoms with E-state index in [9.17, 15) is 15.0 Å². The van der Waals surface area contributed by atoms with Crippen molar-refractivity contribution in [1.29, 1.82) is 0 Å². The Labute approximate surface area is 240 Å². The minimum absolute atomic E-state index is 0.0640. The van der Waals surface area contributed by atoms with Crippen molar-refractivity contribution in [3.8, 4) is 39.9 Å². The van der Waals surface area contributed by atoms with E-state index in [2.05, 4.69) is 16.7 Å². The number of aromatic hydroxyl groups is 2. The number of hydrogen-bond donors (Lipinski definition) is 4. The molecule has 0 spiro atoms. The highest BCUT2D eigenvalue weighted by Gasteiger charge is 2.41. The molecular weight excluding hydrogens is 524 g/mol. The van der Waals surface area contributed by atoms with Crippen molar-refractivity contribution in [2.45, 2.75) is 45.3 Å². The van der Waals surface area contributed by atoms with Crippen molar-refractivity contribution in [2.24, 2.45) is 0 Å². The Morgan fingerprint density at radius 1 is 1.10 bits per heavy atom. The third kappa shape index (κ3) is 5.64. The van der Waals surface area contributed by atoms with Crippen molar-refractivity contribution < 1.29 is 34.0 Å². The number of benzene rings is 3. The lowest BCUT2D eigenvalue weighted by atomic mass is 9.81. The molecule has 1 heterocycles. The maximum atomic E-state index is 11.9. The average Bonchev–Trinajstić information content (AvgIpc) is 3.33. The number of phenols is 2. The van der Waals surface area contributed by atoms with Crippen LogP contribution in [0.2, 0.25) is 0 Å². The summed E-state index contributed by atoms with van der Waals surface area (Å²) in [6, 6.07) is 11.1. The lowest BCUT2D eigenvalue weighted by Crippen LogP contribution is -2.21. The summed E-state index contributed by atoms with van der Waals surface area (Å²) in [5.41, 5.74) is 6.76. The molecule has 1 aliphatic heterocycles. The fourth-order valence-corrected chi connectivity index (χ4v) is 5.86. The van der Waals surface area contributed by atoms with Crippen LogP contribution in [0.25, 0.3) is 11.1 Å². The first-order valence-electron chi connectivity index (χ1n) is 14.1. The third-order valence-corrected chi connectivity index (χ3v) is 7.77. The molecule has 0 aromatic heterocycles. The van der Waals surface area contributed by atoms with Gasteiger partial charge in [-0.1, -0.05) is 19.1 Å². The number of hydrogen-bond acceptors (Lipinski definition) is 9. The van der Waals surface area contributed by atoms with E-state index in [1.54, 1.807) is 25.3 Å². The Morgan fingerprint density at radius 3 is 2.66 bits per heavy atom. The van der Waals surface area contributed by atoms with Gasteiger partial charge in [0, 0.05) is 48.3 Å². The highest BCUT2D eigenvalue weighted by atomic mass is 16.5. The molecule has 0 saturated carbocycles. The summed E-state index contributed by atoms with van der Waals surface area (Å²) >= 11 is 0. The number of phenolic OH excluding ortho intramolecular Hbond substituents is 2. The van der Waals surface area contributed by atoms with Gasteiger partial charge in [-0.2, -0.15) is 0 Å². The Bertz CT molecular complexity index is 1420. The zero-order chi connectivity index (χ0) is 29.1. The lowest BCUT2D eigenvalue weighted by Gasteiger charge is -2.25. The first-order valence-corrected chi connectivity index (χ1v) is 14.1. The molecule has 5 rings (SSSR count). The molecule has 0 amide bonds. The second-order valence-electron chi connectivity index (χ2n) is 10.4. The Kier molecular flexibility index (Phi) is 8.56. The quantitative estimate of drug-likeness (QED) is 0.200. The van der Waals surface area contributed by atoms with E-state index in [1.165, 1.54) is 6.92 Å². The highest BCUT2D eigenvalue weighted by Crippen LogP contribution is 2.54. The molecule has 1 aliphatic carbocycles. The second kappa shape index (κ2) is 12.3. The van der Waals surface area contributed by atoms with Crippen molar-refractivity contribution in [3.63, 3.8) is 0 Å². The maximum Gasteiger partial charge on any atom is 0.302 e. The molecule has 3 aromatic carbocycles. The van der Waals surface area contributed by atoms with Crippen LogP contribution in [0, 0.1) is 0 Å². The molecule has 0 radical (unpaired) electrons. The van der Waals surface area contributed by atoms with Crippen LogP contribution >= 0.6 is 0 Å². The van der Waals surface area contributed by atoms with E-state index in [1.807, 2.05) is 26.1 Å². The summed E-state index contributed by atoms with van der Waals surface area (Å²) in [5.74, 6) is 1.39. The highest BCUT2D eigenvalue weighted by molar-refractivity contribution is 5.82. The number of carbonyl (C=O) groups excluding carboxylic acids is 1. The summed E-state index contributed by atoms with van der Waals surface area (Å²) in [6.07, 6.45) is 0.976. The third-order valence-electron chi connectivity index (χ3n) is 7.77. The molecule has 2 aliphatic rings. The van der Waals surface area contributed by atoms with Gasteiger partial charge in [-0.3, -0.25) is 4.79 Å². The molecule has 9 nitrogen and oxygen atoms in total. The minimum Gasteiger partial charge on any atom is -0.508 e. The van der Waals surface area contributed by atoms with Gasteiger partial charge in [0.05, 0.1) is 13.0 Å². The Balaban J connectivity index is 1.61. The lowest BCUT2D eigenvalue weighted by molar-refractivity contribution is -0.141. The number of nitrogens with one attached hydrogen (secondary N) is 2. The summed E-state index contributed by atoms with van der Waals surface area (Å²) < 4.78 is 24.0. The molecule has 0 fully saturated rings. The summed E-state index contributed by atoms with van der Waals surface area (Å²) in [5, 5.41) is 27.4. The van der Waals surface area contributed by atoms with Gasteiger partial charge >= 0.3 is 5.97 Å². The minimum atomic E-state index is -0.472. The molecule has 3 aromatic rings. The summed E-state index contributed by atoms with van der Waals surface area (Å²) in [7, 11) is 3.44. The van der Waals surface area contributed by atoms with Crippen LogP contribution in [0.1, 0.15) is 53.7 Å². The molecule has 4 N–H and O–H groups in total. The number of aryl methyl sites for hydroxylation is 1. The van der Waals surface area contributed by atoms with E-state index >= 15 is 0 Å². The fourth-order valence-electron chi connectivity index (χ4n) is 5.86. The van der Waals surface area contributed by atoms with Gasteiger partial charge in [0.25, 0.3) is 0 Å². The van der Waals surface area contributed by atoms with Crippen LogP contribution in [0.15, 0.2) is 36.4 Å². The molecule has 0 bridgehead atoms. The SMILES string of the molecule is CCNCc1cc(O)c(OCCNC)cc1[C@@H]1Oc2c(ccc3c2CCc2cc(O)cc(OC)c2-3)[C@@H]1COC(C)=O. The van der Waals surface area contributed by atoms with Crippen LogP contribution in [-0.2, 0) is 28.9 Å². The molecule has 41 heavy (non-hydrogen) atoms. The fraction of sp³-hybridized carbons (Fsp3) is 0.406. The van der Waals surface area contributed by atoms with Crippen LogP contribution in [0.3, 0.4) is 0 Å². The van der Waals surface area contributed by atoms with E-state index in [0.29, 0.717) is 31.2 Å². The number of ether oxygens (including phenoxy) is 4. The predicted octanol–water partition coefficient (Wildman–Crippen LogP) is 4.36. The van der Waals surface area contributed by atoms with Crippen molar-refractivity contribution in [1.82, 2.24) is 10.6 Å². The topological polar surface area (TPSA) is 119 Å². The van der Waals surface area contributed by atoms with Gasteiger partial charge in [-0.15, -0.1) is 0 Å². The number of carbonyl (C=O) groups is 1. The van der Waals surface area contributed by atoms with Crippen LogP contribution in [-0.4, -0.2) is 56.6 Å². The molecule has 0 saturated heterocycles. The van der Waals surface area contributed by atoms with Crippen molar-refractivity contribution in [2.75, 3.05) is 40.5 Å². The number of esters is 1. The van der Waals surface area contributed by atoms with Gasteiger partial charge in [0.15, 0.2) is 11.5 Å². The van der Waals surface area contributed by atoms with Gasteiger partial charge in [-0.05, 0) is 61.3 Å². The van der Waals surface area contributed by atoms with Crippen LogP contribution in [0.5, 0.6) is 28.7 Å². The average molecular weight is 563 g/mol. The molecule has 218 valence electrons. The smallest absolute Gasteiger partial charge is 0.302 e. The zero-order valence-corrected chi connectivity index (χ0v) is 24.0. The Hall–Kier alpha value is -3.95. The van der Waals surface area contributed by atoms with Crippen molar-refractivity contribution in [3.05, 3.63) is 64.2 Å². The van der Waals surface area contributed by atoms with Crippen molar-refractivity contribution >= 4 is 5.97 Å².